The highest BCUT2D eigenvalue weighted by Crippen LogP contribution is 2.24. The third kappa shape index (κ3) is 4.31. The zero-order valence-electron chi connectivity index (χ0n) is 14.9. The topological polar surface area (TPSA) is 74.6 Å². The molecule has 2 aromatic carbocycles. The van der Waals surface area contributed by atoms with Gasteiger partial charge in [0, 0.05) is 23.3 Å². The Hall–Kier alpha value is -2.63. The lowest BCUT2D eigenvalue weighted by Crippen LogP contribution is -2.23. The first-order chi connectivity index (χ1) is 12.7. The smallest absolute Gasteiger partial charge is 0.145 e. The molecule has 0 bridgehead atoms. The minimum Gasteiger partial charge on any atom is -0.494 e. The molecule has 0 fully saturated rings. The average molecular weight is 352 g/mol. The monoisotopic (exact) mass is 352 g/mol. The summed E-state index contributed by atoms with van der Waals surface area (Å²) in [5, 5.41) is 22.7. The maximum atomic E-state index is 9.53. The Labute approximate surface area is 153 Å². The van der Waals surface area contributed by atoms with E-state index in [0.29, 0.717) is 6.54 Å². The van der Waals surface area contributed by atoms with Crippen LogP contribution in [0.25, 0.3) is 10.9 Å². The number of pyridine rings is 1. The van der Waals surface area contributed by atoms with Crippen molar-refractivity contribution in [2.45, 2.75) is 18.9 Å². The van der Waals surface area contributed by atoms with Gasteiger partial charge in [0.2, 0.25) is 0 Å². The molecule has 3 rings (SSSR count). The van der Waals surface area contributed by atoms with Gasteiger partial charge in [0.1, 0.15) is 11.3 Å². The van der Waals surface area contributed by atoms with Crippen LogP contribution in [-0.2, 0) is 12.8 Å². The van der Waals surface area contributed by atoms with E-state index in [2.05, 4.69) is 17.4 Å². The highest BCUT2D eigenvalue weighted by atomic mass is 16.5. The molecule has 0 aliphatic rings. The minimum atomic E-state index is -0.766. The minimum absolute atomic E-state index is 0.252. The Morgan fingerprint density at radius 3 is 2.69 bits per heavy atom. The number of methoxy groups -OCH3 is 1. The molecule has 26 heavy (non-hydrogen) atoms. The van der Waals surface area contributed by atoms with E-state index in [1.54, 1.807) is 7.11 Å². The second-order valence-corrected chi connectivity index (χ2v) is 6.21. The summed E-state index contributed by atoms with van der Waals surface area (Å²) in [6.07, 6.45) is 0.860. The molecule has 5 nitrogen and oxygen atoms in total. The second kappa shape index (κ2) is 8.65. The molecule has 5 heteroatoms. The van der Waals surface area contributed by atoms with Crippen LogP contribution in [0.2, 0.25) is 0 Å². The van der Waals surface area contributed by atoms with Crippen molar-refractivity contribution in [1.29, 1.82) is 0 Å². The first kappa shape index (κ1) is 18.2. The van der Waals surface area contributed by atoms with Crippen molar-refractivity contribution in [1.82, 2.24) is 4.98 Å². The summed E-state index contributed by atoms with van der Waals surface area (Å²) in [5.74, 6) is 0.782. The van der Waals surface area contributed by atoms with Gasteiger partial charge >= 0.3 is 0 Å². The van der Waals surface area contributed by atoms with Gasteiger partial charge in [-0.05, 0) is 36.6 Å². The number of anilines is 1. The van der Waals surface area contributed by atoms with Gasteiger partial charge < -0.3 is 20.3 Å². The third-order valence-electron chi connectivity index (χ3n) is 4.37. The van der Waals surface area contributed by atoms with Gasteiger partial charge in [-0.25, -0.2) is 4.98 Å². The molecular formula is C21H24N2O3. The molecule has 0 aliphatic carbocycles. The normalized spacial score (nSPS) is 12.1. The molecule has 0 saturated carbocycles. The van der Waals surface area contributed by atoms with E-state index in [1.807, 2.05) is 42.5 Å². The molecule has 1 atom stereocenters. The quantitative estimate of drug-likeness (QED) is 0.581. The number of aliphatic hydroxyl groups is 2. The number of aromatic nitrogens is 1. The first-order valence-corrected chi connectivity index (χ1v) is 8.74. The number of hydrogen-bond acceptors (Lipinski definition) is 5. The van der Waals surface area contributed by atoms with Crippen molar-refractivity contribution in [3.63, 3.8) is 0 Å². The standard InChI is InChI=1S/C21H24N2O3/c1-26-20-8-4-6-16-10-12-17(23-21(16)20)11-9-15-5-2-3-7-19(15)22-13-18(25)14-24/h2-8,10,12,18,22,24-25H,9,11,13-14H2,1H3. The van der Waals surface area contributed by atoms with Crippen LogP contribution >= 0.6 is 0 Å². The predicted octanol–water partition coefficient (Wildman–Crippen LogP) is 2.79. The van der Waals surface area contributed by atoms with Crippen LogP contribution < -0.4 is 10.1 Å². The summed E-state index contributed by atoms with van der Waals surface area (Å²) < 4.78 is 5.41. The number of fused-ring (bicyclic) bond motifs is 1. The molecule has 0 radical (unpaired) electrons. The van der Waals surface area contributed by atoms with Gasteiger partial charge in [-0.3, -0.25) is 0 Å². The van der Waals surface area contributed by atoms with Crippen molar-refractivity contribution < 1.29 is 14.9 Å². The molecule has 0 aliphatic heterocycles. The maximum Gasteiger partial charge on any atom is 0.145 e. The van der Waals surface area contributed by atoms with E-state index in [1.165, 1.54) is 0 Å². The van der Waals surface area contributed by atoms with Crippen molar-refractivity contribution in [3.8, 4) is 5.75 Å². The lowest BCUT2D eigenvalue weighted by molar-refractivity contribution is 0.105. The van der Waals surface area contributed by atoms with Crippen molar-refractivity contribution in [3.05, 3.63) is 65.9 Å². The number of rotatable bonds is 8. The van der Waals surface area contributed by atoms with Gasteiger partial charge in [-0.1, -0.05) is 36.4 Å². The summed E-state index contributed by atoms with van der Waals surface area (Å²) in [5.41, 5.74) is 4.01. The largest absolute Gasteiger partial charge is 0.494 e. The SMILES string of the molecule is COc1cccc2ccc(CCc3ccccc3NCC(O)CO)nc12. The highest BCUT2D eigenvalue weighted by Gasteiger charge is 2.08. The van der Waals surface area contributed by atoms with Crippen molar-refractivity contribution in [2.75, 3.05) is 25.6 Å². The number of hydrogen-bond donors (Lipinski definition) is 3. The Bertz CT molecular complexity index is 867. The van der Waals surface area contributed by atoms with Gasteiger partial charge in [0.25, 0.3) is 0 Å². The predicted molar refractivity (Wildman–Crippen MR) is 104 cm³/mol. The molecule has 136 valence electrons. The molecule has 0 saturated heterocycles. The van der Waals surface area contributed by atoms with Crippen LogP contribution in [0.1, 0.15) is 11.3 Å². The molecule has 1 unspecified atom stereocenters. The lowest BCUT2D eigenvalue weighted by Gasteiger charge is -2.14. The molecule has 1 aromatic heterocycles. The summed E-state index contributed by atoms with van der Waals surface area (Å²) in [4.78, 5) is 4.76. The summed E-state index contributed by atoms with van der Waals surface area (Å²) in [6, 6.07) is 18.0. The summed E-state index contributed by atoms with van der Waals surface area (Å²) >= 11 is 0. The van der Waals surface area contributed by atoms with Gasteiger partial charge in [-0.2, -0.15) is 0 Å². The van der Waals surface area contributed by atoms with E-state index in [0.717, 1.165) is 46.4 Å². The first-order valence-electron chi connectivity index (χ1n) is 8.74. The fraction of sp³-hybridized carbons (Fsp3) is 0.286. The Balaban J connectivity index is 1.74. The summed E-state index contributed by atoms with van der Waals surface area (Å²) in [7, 11) is 1.66. The van der Waals surface area contributed by atoms with E-state index >= 15 is 0 Å². The molecule has 1 heterocycles. The zero-order valence-corrected chi connectivity index (χ0v) is 14.9. The summed E-state index contributed by atoms with van der Waals surface area (Å²) in [6.45, 7) is 0.0664. The van der Waals surface area contributed by atoms with Crippen LogP contribution in [0.3, 0.4) is 0 Å². The number of para-hydroxylation sites is 2. The maximum absolute atomic E-state index is 9.53. The van der Waals surface area contributed by atoms with Crippen LogP contribution in [0.4, 0.5) is 5.69 Å². The molecule has 0 spiro atoms. The van der Waals surface area contributed by atoms with Gasteiger partial charge in [0.05, 0.1) is 19.8 Å². The number of benzene rings is 2. The van der Waals surface area contributed by atoms with E-state index in [4.69, 9.17) is 14.8 Å². The average Bonchev–Trinajstić information content (AvgIpc) is 2.70. The van der Waals surface area contributed by atoms with E-state index in [-0.39, 0.29) is 6.61 Å². The lowest BCUT2D eigenvalue weighted by atomic mass is 10.0. The van der Waals surface area contributed by atoms with Crippen LogP contribution in [0.15, 0.2) is 54.6 Å². The second-order valence-electron chi connectivity index (χ2n) is 6.21. The number of nitrogens with one attached hydrogen (secondary N) is 1. The number of aliphatic hydroxyl groups excluding tert-OH is 2. The van der Waals surface area contributed by atoms with Gasteiger partial charge in [0.15, 0.2) is 0 Å². The fourth-order valence-corrected chi connectivity index (χ4v) is 2.93. The molecular weight excluding hydrogens is 328 g/mol. The number of nitrogens with zero attached hydrogens (tertiary/aromatic N) is 1. The van der Waals surface area contributed by atoms with Crippen LogP contribution in [-0.4, -0.2) is 41.6 Å². The van der Waals surface area contributed by atoms with Crippen molar-refractivity contribution >= 4 is 16.6 Å². The van der Waals surface area contributed by atoms with Crippen LogP contribution in [0.5, 0.6) is 5.75 Å². The fourth-order valence-electron chi connectivity index (χ4n) is 2.93. The number of aryl methyl sites for hydroxylation is 2. The van der Waals surface area contributed by atoms with E-state index in [9.17, 15) is 5.11 Å². The highest BCUT2D eigenvalue weighted by molar-refractivity contribution is 5.84. The molecule has 3 aromatic rings. The Morgan fingerprint density at radius 2 is 1.88 bits per heavy atom. The van der Waals surface area contributed by atoms with Crippen molar-refractivity contribution in [2.24, 2.45) is 0 Å². The van der Waals surface area contributed by atoms with Crippen LogP contribution in [0, 0.1) is 0 Å². The van der Waals surface area contributed by atoms with E-state index < -0.39 is 6.10 Å². The molecule has 3 N–H and O–H groups in total. The Kier molecular flexibility index (Phi) is 6.04. The van der Waals surface area contributed by atoms with Gasteiger partial charge in [-0.15, -0.1) is 0 Å². The Morgan fingerprint density at radius 1 is 1.04 bits per heavy atom. The zero-order chi connectivity index (χ0) is 18.4. The third-order valence-corrected chi connectivity index (χ3v) is 4.37. The molecule has 0 amide bonds. The number of ether oxygens (including phenoxy) is 1.